The van der Waals surface area contributed by atoms with Gasteiger partial charge in [0.15, 0.2) is 0 Å². The third-order valence-electron chi connectivity index (χ3n) is 22.8. The number of hydrogen-bond donors (Lipinski definition) is 0. The highest BCUT2D eigenvalue weighted by atomic mass is 17.2. The fraction of sp³-hybridized carbons (Fsp3) is 0.412. The summed E-state index contributed by atoms with van der Waals surface area (Å²) >= 11 is 0. The lowest BCUT2D eigenvalue weighted by Gasteiger charge is -2.28. The highest BCUT2D eigenvalue weighted by molar-refractivity contribution is 5.95. The summed E-state index contributed by atoms with van der Waals surface area (Å²) in [5.41, 5.74) is 7.80. The summed E-state index contributed by atoms with van der Waals surface area (Å²) in [4.78, 5) is 72.6. The average molecular weight is 2010 g/mol. The molecule has 27 heteroatoms. The smallest absolute Gasteiger partial charge is 0.343 e. The van der Waals surface area contributed by atoms with E-state index >= 15 is 0 Å². The van der Waals surface area contributed by atoms with E-state index in [1.54, 1.807) is 224 Å². The Kier molecular flexibility index (Phi) is 60.7. The molecule has 146 heavy (non-hydrogen) atoms. The summed E-state index contributed by atoms with van der Waals surface area (Å²) in [6, 6.07) is 62.7. The van der Waals surface area contributed by atoms with Gasteiger partial charge < -0.3 is 90.0 Å². The molecule has 9 aromatic carbocycles. The molecule has 0 amide bonds. The van der Waals surface area contributed by atoms with E-state index in [1.165, 1.54) is 44.1 Å². The molecule has 0 saturated heterocycles. The van der Waals surface area contributed by atoms with Crippen molar-refractivity contribution < 1.29 is 124 Å². The second-order valence-electron chi connectivity index (χ2n) is 34.1. The average Bonchev–Trinajstić information content (AvgIpc) is 0.827. The molecule has 0 atom stereocenters. The number of nitriles is 1. The molecule has 786 valence electrons. The Morgan fingerprint density at radius 1 is 0.322 bits per heavy atom. The number of ether oxygens (including phenoxy) is 19. The predicted octanol–water partition coefficient (Wildman–Crippen LogP) is 25.1. The van der Waals surface area contributed by atoms with Gasteiger partial charge in [-0.2, -0.15) is 5.26 Å². The molecule has 10 rings (SSSR count). The van der Waals surface area contributed by atoms with Gasteiger partial charge in [-0.25, -0.2) is 33.7 Å². The molecular formula is C119H149NO26. The van der Waals surface area contributed by atoms with Crippen LogP contribution in [0.1, 0.15) is 238 Å². The molecule has 1 saturated carbocycles. The first-order valence-corrected chi connectivity index (χ1v) is 50.3. The normalized spacial score (nSPS) is 12.3. The number of rotatable bonds is 68. The van der Waals surface area contributed by atoms with Gasteiger partial charge in [0.1, 0.15) is 69.9 Å². The minimum Gasteiger partial charge on any atom is -0.497 e. The molecule has 0 bridgehead atoms. The van der Waals surface area contributed by atoms with Gasteiger partial charge in [0, 0.05) is 143 Å². The Balaban J connectivity index is 0.000000269. The lowest BCUT2D eigenvalue weighted by molar-refractivity contribution is -0.287. The minimum absolute atomic E-state index is 0.309. The Hall–Kier alpha value is -13.1. The molecule has 1 aliphatic rings. The Morgan fingerprint density at radius 2 is 0.616 bits per heavy atom. The highest BCUT2D eigenvalue weighted by Crippen LogP contribution is 2.39. The number of methoxy groups -OCH3 is 5. The van der Waals surface area contributed by atoms with E-state index in [0.717, 1.165) is 171 Å². The molecule has 1 aliphatic carbocycles. The van der Waals surface area contributed by atoms with Gasteiger partial charge in [0.2, 0.25) is 0 Å². The molecule has 0 N–H and O–H groups in total. The second kappa shape index (κ2) is 73.9. The number of aryl methyl sites for hydroxylation is 1. The molecule has 0 unspecified atom stereocenters. The number of carbonyl (C=O) groups excluding carboxylic acids is 5. The maximum Gasteiger partial charge on any atom is 0.343 e. The van der Waals surface area contributed by atoms with E-state index < -0.39 is 23.9 Å². The number of carbonyl (C=O) groups is 5. The number of benzene rings is 9. The third kappa shape index (κ3) is 49.2. The van der Waals surface area contributed by atoms with Crippen molar-refractivity contribution in [3.8, 4) is 46.3 Å². The maximum atomic E-state index is 12.8. The summed E-state index contributed by atoms with van der Waals surface area (Å²) in [5.74, 6) is 4.89. The van der Waals surface area contributed by atoms with Crippen LogP contribution in [0.4, 0.5) is 0 Å². The largest absolute Gasteiger partial charge is 0.497 e. The van der Waals surface area contributed by atoms with Crippen LogP contribution in [0.25, 0.3) is 23.0 Å². The molecule has 0 aromatic heterocycles. The van der Waals surface area contributed by atoms with Gasteiger partial charge in [-0.3, -0.25) is 0 Å². The molecule has 1 fully saturated rings. The Labute approximate surface area is 863 Å². The first kappa shape index (κ1) is 120. The van der Waals surface area contributed by atoms with Crippen molar-refractivity contribution in [2.45, 2.75) is 155 Å². The zero-order valence-corrected chi connectivity index (χ0v) is 86.3. The summed E-state index contributed by atoms with van der Waals surface area (Å²) in [6.07, 6.45) is 23.2. The molecule has 0 spiro atoms. The van der Waals surface area contributed by atoms with Crippen molar-refractivity contribution in [1.82, 2.24) is 0 Å². The monoisotopic (exact) mass is 2010 g/mol. The number of nitrogens with zero attached hydrogens (tertiary/aromatic N) is 1. The fourth-order valence-corrected chi connectivity index (χ4v) is 14.5. The van der Waals surface area contributed by atoms with Crippen molar-refractivity contribution in [3.05, 3.63) is 318 Å². The zero-order chi connectivity index (χ0) is 105. The van der Waals surface area contributed by atoms with Gasteiger partial charge in [0.05, 0.1) is 86.2 Å². The van der Waals surface area contributed by atoms with Crippen molar-refractivity contribution >= 4 is 52.9 Å². The van der Waals surface area contributed by atoms with Crippen LogP contribution in [0.3, 0.4) is 0 Å². The standard InChI is InChI=1S/C38H46O10.C33H46O5.C25H32O6.C23H25NO5/c1-5-21-45-46-27-10-26-44-33-15-17-34(18-16-33)47-38(40)36-20-19-35(28-29(36)2)48-37(39)32-13-11-31(12-14-32)30(3)43-25-9-8-24-42-23-7-6-22-41-4;1-4-9-27-10-12-29(13-11-27)30-18-20-32(21-19-30)38-33(34)31-16-14-28(15-17-31)26(2)37-25-8-7-24-36-23-6-5-22-35-3;1-20(30-19-7-6-18-29-17-5-4-16-27-2)21-8-10-22(11-9-21)25(26)31-24-14-12-23(28-3)13-15-24;1-18(28-16-4-15-27-14-3-13-26-2)20-7-9-21(10-8-20)23(25)29-22-11-5-19(17-24)6-12-22/h5,11-20,28H,1,3,6-10,21-27H2,2,4H3;14-21,27,29H,2,4-13,22-25H2,1,3H3;8-15H,1,4-7,16-19H2,2-3H3;5-12H,1,3-4,13-16H2,2H3. The van der Waals surface area contributed by atoms with E-state index in [0.29, 0.717) is 187 Å². The third-order valence-corrected chi connectivity index (χ3v) is 22.8. The first-order valence-electron chi connectivity index (χ1n) is 50.3. The summed E-state index contributed by atoms with van der Waals surface area (Å²) < 4.78 is 103. The molecule has 27 nitrogen and oxygen atoms in total. The van der Waals surface area contributed by atoms with Crippen LogP contribution in [-0.2, 0) is 66.6 Å². The Bertz CT molecular complexity index is 5260. The van der Waals surface area contributed by atoms with Gasteiger partial charge in [0.25, 0.3) is 0 Å². The number of esters is 5. The van der Waals surface area contributed by atoms with Crippen LogP contribution in [0.5, 0.6) is 40.2 Å². The second-order valence-corrected chi connectivity index (χ2v) is 34.1. The summed E-state index contributed by atoms with van der Waals surface area (Å²) in [5, 5.41) is 8.79. The van der Waals surface area contributed by atoms with Crippen LogP contribution in [0.15, 0.2) is 251 Å². The molecule has 9 aromatic rings. The summed E-state index contributed by atoms with van der Waals surface area (Å²) in [6.45, 7) is 35.6. The Morgan fingerprint density at radius 3 is 0.973 bits per heavy atom. The lowest BCUT2D eigenvalue weighted by Crippen LogP contribution is -2.13. The van der Waals surface area contributed by atoms with Crippen molar-refractivity contribution in [1.29, 1.82) is 5.26 Å². The van der Waals surface area contributed by atoms with E-state index in [2.05, 4.69) is 52.0 Å². The van der Waals surface area contributed by atoms with Crippen LogP contribution >= 0.6 is 0 Å². The molecular weight excluding hydrogens is 1860 g/mol. The minimum atomic E-state index is -0.532. The predicted molar refractivity (Wildman–Crippen MR) is 566 cm³/mol. The van der Waals surface area contributed by atoms with E-state index in [1.807, 2.05) is 30.3 Å². The molecule has 0 heterocycles. The van der Waals surface area contributed by atoms with Crippen molar-refractivity contribution in [2.75, 3.05) is 161 Å². The highest BCUT2D eigenvalue weighted by Gasteiger charge is 2.24. The molecule has 0 radical (unpaired) electrons. The van der Waals surface area contributed by atoms with Crippen LogP contribution in [0, 0.1) is 24.2 Å². The quantitative estimate of drug-likeness (QED) is 0.00650. The van der Waals surface area contributed by atoms with Crippen LogP contribution < -0.4 is 33.2 Å². The maximum absolute atomic E-state index is 12.8. The lowest BCUT2D eigenvalue weighted by atomic mass is 9.77. The van der Waals surface area contributed by atoms with Crippen molar-refractivity contribution in [3.63, 3.8) is 0 Å². The SMILES string of the molecule is C=C(OCCCCOCCCCOC)c1ccc(C(=O)Oc2ccc(C3CCC(CCC)CC3)cc2)cc1.C=C(OCCCCOCCCCOC)c1ccc(C(=O)Oc2ccc(OC)cc2)cc1.C=C(OCCCOCCCOC)c1ccc(C(=O)Oc2ccc(C#N)cc2)cc1.C=CCOOCCCOc1ccc(OC(=O)c2ccc(OC(=O)c3ccc(C(=C)OCCCCOCCCCOC)cc3)cc2C)cc1. The number of unbranched alkanes of at least 4 members (excludes halogenated alkanes) is 6. The number of hydrogen-bond acceptors (Lipinski definition) is 27. The topological polar surface area (TPSA) is 303 Å². The van der Waals surface area contributed by atoms with Gasteiger partial charge >= 0.3 is 29.8 Å². The van der Waals surface area contributed by atoms with Gasteiger partial charge in [-0.1, -0.05) is 113 Å². The van der Waals surface area contributed by atoms with Gasteiger partial charge in [-0.15, -0.1) is 6.58 Å². The van der Waals surface area contributed by atoms with Crippen LogP contribution in [0.2, 0.25) is 0 Å². The van der Waals surface area contributed by atoms with Crippen LogP contribution in [-0.4, -0.2) is 191 Å². The fourth-order valence-electron chi connectivity index (χ4n) is 14.5. The summed E-state index contributed by atoms with van der Waals surface area (Å²) in [7, 11) is 8.38. The molecule has 0 aliphatic heterocycles. The van der Waals surface area contributed by atoms with E-state index in [4.69, 9.17) is 105 Å². The van der Waals surface area contributed by atoms with Gasteiger partial charge in [-0.05, 0) is 291 Å². The van der Waals surface area contributed by atoms with E-state index in [9.17, 15) is 24.0 Å². The van der Waals surface area contributed by atoms with Crippen molar-refractivity contribution in [2.24, 2.45) is 5.92 Å². The first-order chi connectivity index (χ1) is 71.3. The zero-order valence-electron chi connectivity index (χ0n) is 86.3. The van der Waals surface area contributed by atoms with E-state index in [-0.39, 0.29) is 5.97 Å².